The van der Waals surface area contributed by atoms with Crippen LogP contribution in [0.15, 0.2) is 42.5 Å². The van der Waals surface area contributed by atoms with Gasteiger partial charge in [-0.25, -0.2) is 0 Å². The number of hydrogen-bond donors (Lipinski definition) is 1. The first-order valence-electron chi connectivity index (χ1n) is 8.48. The maximum absolute atomic E-state index is 13.0. The predicted molar refractivity (Wildman–Crippen MR) is 91.2 cm³/mol. The Labute approximate surface area is 149 Å². The summed E-state index contributed by atoms with van der Waals surface area (Å²) >= 11 is 0. The molecule has 0 amide bonds. The summed E-state index contributed by atoms with van der Waals surface area (Å²) in [7, 11) is 0. The standard InChI is InChI=1S/C19H20F3NO3/c20-19(21,22)17-12-23(11-16(17)18(24)25)8-3-9-26-15-7-6-13-4-1-2-5-14(13)10-15/h1-2,4-7,10,16-17H,3,8-9,11-12H2,(H,24,25)/t16-,17-/m1/s1. The number of ether oxygens (including phenoxy) is 1. The highest BCUT2D eigenvalue weighted by Crippen LogP contribution is 2.37. The number of rotatable bonds is 6. The molecule has 1 heterocycles. The second kappa shape index (κ2) is 7.53. The minimum absolute atomic E-state index is 0.0739. The van der Waals surface area contributed by atoms with Gasteiger partial charge in [-0.05, 0) is 29.3 Å². The summed E-state index contributed by atoms with van der Waals surface area (Å²) in [6, 6.07) is 13.6. The molecule has 0 radical (unpaired) electrons. The van der Waals surface area contributed by atoms with E-state index in [9.17, 15) is 18.0 Å². The number of benzene rings is 2. The molecular formula is C19H20F3NO3. The van der Waals surface area contributed by atoms with E-state index in [1.165, 1.54) is 0 Å². The van der Waals surface area contributed by atoms with Gasteiger partial charge in [-0.15, -0.1) is 0 Å². The molecule has 0 aliphatic carbocycles. The summed E-state index contributed by atoms with van der Waals surface area (Å²) in [4.78, 5) is 12.6. The molecule has 1 aliphatic rings. The minimum atomic E-state index is -4.49. The number of aliphatic carboxylic acids is 1. The lowest BCUT2D eigenvalue weighted by Gasteiger charge is -2.18. The van der Waals surface area contributed by atoms with Gasteiger partial charge in [0.2, 0.25) is 0 Å². The summed E-state index contributed by atoms with van der Waals surface area (Å²) < 4.78 is 44.6. The lowest BCUT2D eigenvalue weighted by atomic mass is 9.96. The van der Waals surface area contributed by atoms with Gasteiger partial charge in [0.1, 0.15) is 5.75 Å². The van der Waals surface area contributed by atoms with Gasteiger partial charge in [0.25, 0.3) is 0 Å². The first kappa shape index (κ1) is 18.5. The SMILES string of the molecule is O=C(O)[C@@H]1CN(CCCOc2ccc3ccccc3c2)C[C@H]1C(F)(F)F. The Balaban J connectivity index is 1.49. The summed E-state index contributed by atoms with van der Waals surface area (Å²) in [6.45, 7) is 0.402. The molecule has 1 aliphatic heterocycles. The van der Waals surface area contributed by atoms with Crippen molar-refractivity contribution in [3.63, 3.8) is 0 Å². The Kier molecular flexibility index (Phi) is 5.36. The third kappa shape index (κ3) is 4.27. The van der Waals surface area contributed by atoms with Gasteiger partial charge >= 0.3 is 12.1 Å². The van der Waals surface area contributed by atoms with Crippen molar-refractivity contribution in [3.05, 3.63) is 42.5 Å². The Morgan fingerprint density at radius 2 is 1.88 bits per heavy atom. The van der Waals surface area contributed by atoms with E-state index in [1.54, 1.807) is 4.90 Å². The molecule has 140 valence electrons. The van der Waals surface area contributed by atoms with E-state index in [0.29, 0.717) is 25.3 Å². The molecule has 3 rings (SSSR count). The predicted octanol–water partition coefficient (Wildman–Crippen LogP) is 3.80. The van der Waals surface area contributed by atoms with Crippen LogP contribution in [0.1, 0.15) is 6.42 Å². The number of carboxylic acids is 1. The third-order valence-electron chi connectivity index (χ3n) is 4.74. The molecule has 4 nitrogen and oxygen atoms in total. The van der Waals surface area contributed by atoms with E-state index in [-0.39, 0.29) is 13.1 Å². The number of carboxylic acid groups (broad SMARTS) is 1. The van der Waals surface area contributed by atoms with Crippen LogP contribution in [0.5, 0.6) is 5.75 Å². The Hall–Kier alpha value is -2.28. The summed E-state index contributed by atoms with van der Waals surface area (Å²) in [5, 5.41) is 11.2. The van der Waals surface area contributed by atoms with Crippen molar-refractivity contribution in [2.75, 3.05) is 26.2 Å². The smallest absolute Gasteiger partial charge is 0.393 e. The van der Waals surface area contributed by atoms with Crippen LogP contribution in [0, 0.1) is 11.8 Å². The zero-order valence-electron chi connectivity index (χ0n) is 14.1. The fraction of sp³-hybridized carbons (Fsp3) is 0.421. The molecule has 2 aromatic carbocycles. The minimum Gasteiger partial charge on any atom is -0.494 e. The topological polar surface area (TPSA) is 49.8 Å². The number of halogens is 3. The number of fused-ring (bicyclic) bond motifs is 1. The van der Waals surface area contributed by atoms with Crippen molar-refractivity contribution in [2.24, 2.45) is 11.8 Å². The van der Waals surface area contributed by atoms with Gasteiger partial charge in [-0.3, -0.25) is 4.79 Å². The molecule has 0 bridgehead atoms. The maximum atomic E-state index is 13.0. The van der Waals surface area contributed by atoms with E-state index in [0.717, 1.165) is 10.8 Å². The van der Waals surface area contributed by atoms with E-state index < -0.39 is 24.0 Å². The van der Waals surface area contributed by atoms with Gasteiger partial charge in [0.05, 0.1) is 18.4 Å². The zero-order valence-corrected chi connectivity index (χ0v) is 14.1. The van der Waals surface area contributed by atoms with Gasteiger partial charge < -0.3 is 14.7 Å². The molecule has 0 unspecified atom stereocenters. The molecular weight excluding hydrogens is 347 g/mol. The van der Waals surface area contributed by atoms with Crippen LogP contribution >= 0.6 is 0 Å². The first-order valence-corrected chi connectivity index (χ1v) is 8.48. The normalized spacial score (nSPS) is 21.2. The van der Waals surface area contributed by atoms with Gasteiger partial charge in [-0.2, -0.15) is 13.2 Å². The highest BCUT2D eigenvalue weighted by atomic mass is 19.4. The molecule has 1 N–H and O–H groups in total. The van der Waals surface area contributed by atoms with Crippen molar-refractivity contribution in [1.82, 2.24) is 4.90 Å². The number of likely N-dealkylation sites (tertiary alicyclic amines) is 1. The quantitative estimate of drug-likeness (QED) is 0.789. The lowest BCUT2D eigenvalue weighted by molar-refractivity contribution is -0.188. The third-order valence-corrected chi connectivity index (χ3v) is 4.74. The molecule has 2 aromatic rings. The monoisotopic (exact) mass is 367 g/mol. The van der Waals surface area contributed by atoms with Crippen LogP contribution in [0.4, 0.5) is 13.2 Å². The fourth-order valence-corrected chi connectivity index (χ4v) is 3.39. The molecule has 1 saturated heterocycles. The lowest BCUT2D eigenvalue weighted by Crippen LogP contribution is -2.33. The van der Waals surface area contributed by atoms with Gasteiger partial charge in [-0.1, -0.05) is 30.3 Å². The molecule has 1 fully saturated rings. The van der Waals surface area contributed by atoms with E-state index in [2.05, 4.69) is 0 Å². The number of alkyl halides is 3. The molecule has 0 aromatic heterocycles. The molecule has 7 heteroatoms. The number of hydrogen-bond acceptors (Lipinski definition) is 3. The maximum Gasteiger partial charge on any atom is 0.393 e. The Morgan fingerprint density at radius 1 is 1.15 bits per heavy atom. The number of nitrogens with zero attached hydrogens (tertiary/aromatic N) is 1. The van der Waals surface area contributed by atoms with Crippen LogP contribution in [0.3, 0.4) is 0 Å². The van der Waals surface area contributed by atoms with E-state index >= 15 is 0 Å². The summed E-state index contributed by atoms with van der Waals surface area (Å²) in [5.74, 6) is -3.87. The Bertz CT molecular complexity index is 778. The largest absolute Gasteiger partial charge is 0.494 e. The highest BCUT2D eigenvalue weighted by Gasteiger charge is 2.52. The molecule has 26 heavy (non-hydrogen) atoms. The molecule has 2 atom stereocenters. The number of carbonyl (C=O) groups is 1. The second-order valence-corrected chi connectivity index (χ2v) is 6.56. The molecule has 0 saturated carbocycles. The first-order chi connectivity index (χ1) is 12.3. The summed E-state index contributed by atoms with van der Waals surface area (Å²) in [6.07, 6.45) is -3.96. The van der Waals surface area contributed by atoms with Gasteiger partial charge in [0.15, 0.2) is 0 Å². The average Bonchev–Trinajstić information content (AvgIpc) is 3.03. The Morgan fingerprint density at radius 3 is 2.54 bits per heavy atom. The van der Waals surface area contributed by atoms with Gasteiger partial charge in [0, 0.05) is 19.6 Å². The summed E-state index contributed by atoms with van der Waals surface area (Å²) in [5.41, 5.74) is 0. The van der Waals surface area contributed by atoms with E-state index in [4.69, 9.17) is 9.84 Å². The van der Waals surface area contributed by atoms with Crippen LogP contribution in [-0.2, 0) is 4.79 Å². The van der Waals surface area contributed by atoms with Crippen LogP contribution in [0.2, 0.25) is 0 Å². The van der Waals surface area contributed by atoms with Crippen molar-refractivity contribution in [1.29, 1.82) is 0 Å². The van der Waals surface area contributed by atoms with Crippen molar-refractivity contribution in [2.45, 2.75) is 12.6 Å². The van der Waals surface area contributed by atoms with Crippen molar-refractivity contribution in [3.8, 4) is 5.75 Å². The van der Waals surface area contributed by atoms with Crippen molar-refractivity contribution < 1.29 is 27.8 Å². The fourth-order valence-electron chi connectivity index (χ4n) is 3.39. The van der Waals surface area contributed by atoms with Crippen LogP contribution in [0.25, 0.3) is 10.8 Å². The zero-order chi connectivity index (χ0) is 18.7. The molecule has 0 spiro atoms. The van der Waals surface area contributed by atoms with Crippen LogP contribution < -0.4 is 4.74 Å². The van der Waals surface area contributed by atoms with Crippen molar-refractivity contribution >= 4 is 16.7 Å². The second-order valence-electron chi connectivity index (χ2n) is 6.56. The van der Waals surface area contributed by atoms with Crippen LogP contribution in [-0.4, -0.2) is 48.4 Å². The highest BCUT2D eigenvalue weighted by molar-refractivity contribution is 5.83. The van der Waals surface area contributed by atoms with E-state index in [1.807, 2.05) is 42.5 Å². The average molecular weight is 367 g/mol.